The van der Waals surface area contributed by atoms with Crippen molar-refractivity contribution in [2.75, 3.05) is 25.0 Å². The van der Waals surface area contributed by atoms with E-state index in [4.69, 9.17) is 5.26 Å². The van der Waals surface area contributed by atoms with Crippen LogP contribution in [0.4, 0.5) is 11.4 Å². The lowest BCUT2D eigenvalue weighted by molar-refractivity contribution is -0.117. The highest BCUT2D eigenvalue weighted by molar-refractivity contribution is 6.18. The predicted molar refractivity (Wildman–Crippen MR) is 102 cm³/mol. The molecule has 2 heterocycles. The van der Waals surface area contributed by atoms with Crippen LogP contribution in [-0.2, 0) is 4.79 Å². The van der Waals surface area contributed by atoms with Crippen LogP contribution in [0.25, 0.3) is 0 Å². The van der Waals surface area contributed by atoms with Crippen LogP contribution in [0.15, 0.2) is 53.5 Å². The first-order valence-electron chi connectivity index (χ1n) is 8.87. The Morgan fingerprint density at radius 3 is 2.96 bits per heavy atom. The number of para-hydroxylation sites is 1. The third-order valence-electron chi connectivity index (χ3n) is 4.92. The summed E-state index contributed by atoms with van der Waals surface area (Å²) in [5.74, 6) is -0.347. The Morgan fingerprint density at radius 1 is 1.26 bits per heavy atom. The molecular weight excluding hydrogens is 340 g/mol. The molecule has 1 saturated heterocycles. The summed E-state index contributed by atoms with van der Waals surface area (Å²) in [5, 5.41) is 11.8. The van der Waals surface area contributed by atoms with E-state index in [1.165, 1.54) is 0 Å². The lowest BCUT2D eigenvalue weighted by atomic mass is 9.85. The fourth-order valence-electron chi connectivity index (χ4n) is 3.61. The second kappa shape index (κ2) is 7.14. The molecule has 0 aliphatic carbocycles. The fraction of sp³-hybridized carbons (Fsp3) is 0.238. The van der Waals surface area contributed by atoms with Crippen LogP contribution >= 0.6 is 0 Å². The molecule has 6 nitrogen and oxygen atoms in total. The molecule has 27 heavy (non-hydrogen) atoms. The van der Waals surface area contributed by atoms with Crippen LogP contribution in [0.1, 0.15) is 22.3 Å². The first-order valence-corrected chi connectivity index (χ1v) is 8.87. The zero-order chi connectivity index (χ0) is 18.8. The Balaban J connectivity index is 1.42. The number of anilines is 1. The first-order chi connectivity index (χ1) is 13.1. The minimum absolute atomic E-state index is 0.0856. The van der Waals surface area contributed by atoms with Gasteiger partial charge >= 0.3 is 0 Å². The van der Waals surface area contributed by atoms with E-state index < -0.39 is 0 Å². The number of ketones is 1. The monoisotopic (exact) mass is 358 g/mol. The Labute approximate surface area is 157 Å². The van der Waals surface area contributed by atoms with Crippen molar-refractivity contribution in [2.45, 2.75) is 6.42 Å². The average molecular weight is 358 g/mol. The number of nitrogens with one attached hydrogen (secondary N) is 1. The third-order valence-corrected chi connectivity index (χ3v) is 4.92. The summed E-state index contributed by atoms with van der Waals surface area (Å²) in [7, 11) is 0. The summed E-state index contributed by atoms with van der Waals surface area (Å²) in [6, 6.07) is 16.3. The molecule has 1 unspecified atom stereocenters. The van der Waals surface area contributed by atoms with Crippen molar-refractivity contribution >= 4 is 28.8 Å². The van der Waals surface area contributed by atoms with Gasteiger partial charge in [-0.05, 0) is 36.8 Å². The van der Waals surface area contributed by atoms with Gasteiger partial charge in [0, 0.05) is 30.1 Å². The largest absolute Gasteiger partial charge is 0.325 e. The van der Waals surface area contributed by atoms with Crippen molar-refractivity contribution in [1.82, 2.24) is 4.90 Å². The average Bonchev–Trinajstić information content (AvgIpc) is 2.69. The molecule has 0 spiro atoms. The number of likely N-dealkylation sites (tertiary alicyclic amines) is 1. The molecule has 134 valence electrons. The molecule has 0 bridgehead atoms. The highest BCUT2D eigenvalue weighted by Crippen LogP contribution is 2.31. The van der Waals surface area contributed by atoms with Gasteiger partial charge in [-0.15, -0.1) is 0 Å². The van der Waals surface area contributed by atoms with Crippen LogP contribution in [0.2, 0.25) is 0 Å². The van der Waals surface area contributed by atoms with Crippen molar-refractivity contribution in [3.05, 3.63) is 59.7 Å². The maximum atomic E-state index is 12.8. The fourth-order valence-corrected chi connectivity index (χ4v) is 3.61. The van der Waals surface area contributed by atoms with Gasteiger partial charge in [0.1, 0.15) is 0 Å². The molecule has 2 aliphatic rings. The number of aliphatic imine (C=N–C) groups is 1. The van der Waals surface area contributed by atoms with E-state index in [1.807, 2.05) is 29.2 Å². The Hall–Kier alpha value is -3.30. The van der Waals surface area contributed by atoms with Gasteiger partial charge in [-0.3, -0.25) is 19.5 Å². The number of nitrogens with zero attached hydrogens (tertiary/aromatic N) is 3. The van der Waals surface area contributed by atoms with Gasteiger partial charge in [0.25, 0.3) is 0 Å². The molecule has 2 aliphatic heterocycles. The number of amides is 1. The number of carbonyl (C=O) groups excluding carboxylic acids is 2. The van der Waals surface area contributed by atoms with Crippen LogP contribution in [0, 0.1) is 17.2 Å². The molecule has 4 rings (SSSR count). The van der Waals surface area contributed by atoms with Crippen molar-refractivity contribution in [1.29, 1.82) is 5.26 Å². The van der Waals surface area contributed by atoms with Crippen molar-refractivity contribution in [3.63, 3.8) is 0 Å². The van der Waals surface area contributed by atoms with Gasteiger partial charge < -0.3 is 5.32 Å². The molecule has 6 heteroatoms. The predicted octanol–water partition coefficient (Wildman–Crippen LogP) is 2.79. The number of Topliss-reactive ketones (excluding diaryl/α,β-unsaturated/α-hetero) is 1. The van der Waals surface area contributed by atoms with E-state index in [0.717, 1.165) is 11.4 Å². The van der Waals surface area contributed by atoms with E-state index in [0.29, 0.717) is 36.3 Å². The molecule has 1 fully saturated rings. The Kier molecular flexibility index (Phi) is 4.53. The van der Waals surface area contributed by atoms with Crippen LogP contribution < -0.4 is 5.32 Å². The van der Waals surface area contributed by atoms with Gasteiger partial charge in [0.05, 0.1) is 29.8 Å². The molecule has 0 radical (unpaired) electrons. The molecule has 1 atom stereocenters. The minimum atomic E-state index is -0.275. The third kappa shape index (κ3) is 3.50. The van der Waals surface area contributed by atoms with Gasteiger partial charge in [-0.25, -0.2) is 0 Å². The zero-order valence-corrected chi connectivity index (χ0v) is 14.7. The molecule has 1 N–H and O–H groups in total. The standard InChI is InChI=1S/C21H18N4O2/c22-11-14-4-3-5-15(10-14)23-20(26)13-25-9-8-19-17(12-25)21(27)16-6-1-2-7-18(16)24-19/h1-7,10,17H,8-9,12-13H2,(H,23,26). The van der Waals surface area contributed by atoms with Gasteiger partial charge in [0.2, 0.25) is 5.91 Å². The summed E-state index contributed by atoms with van der Waals surface area (Å²) >= 11 is 0. The summed E-state index contributed by atoms with van der Waals surface area (Å²) in [6.45, 7) is 1.39. The van der Waals surface area contributed by atoms with Crippen LogP contribution in [-0.4, -0.2) is 41.9 Å². The van der Waals surface area contributed by atoms with E-state index in [-0.39, 0.29) is 24.2 Å². The van der Waals surface area contributed by atoms with Gasteiger partial charge in [0.15, 0.2) is 5.78 Å². The van der Waals surface area contributed by atoms with Crippen molar-refractivity contribution in [2.24, 2.45) is 10.9 Å². The SMILES string of the molecule is N#Cc1cccc(NC(=O)CN2CCC3=Nc4ccccc4C(=O)C3C2)c1. The Bertz CT molecular complexity index is 990. The number of benzene rings is 2. The van der Waals surface area contributed by atoms with Crippen molar-refractivity contribution in [3.8, 4) is 6.07 Å². The van der Waals surface area contributed by atoms with Gasteiger partial charge in [-0.1, -0.05) is 18.2 Å². The summed E-state index contributed by atoms with van der Waals surface area (Å²) in [5.41, 5.74) is 3.42. The summed E-state index contributed by atoms with van der Waals surface area (Å²) in [6.07, 6.45) is 0.682. The zero-order valence-electron chi connectivity index (χ0n) is 14.7. The molecule has 0 saturated carbocycles. The molecule has 2 aromatic carbocycles. The minimum Gasteiger partial charge on any atom is -0.325 e. The molecule has 1 amide bonds. The molecule has 2 aromatic rings. The Morgan fingerprint density at radius 2 is 2.11 bits per heavy atom. The van der Waals surface area contributed by atoms with Crippen LogP contribution in [0.5, 0.6) is 0 Å². The lowest BCUT2D eigenvalue weighted by Gasteiger charge is -2.34. The number of rotatable bonds is 3. The second-order valence-electron chi connectivity index (χ2n) is 6.76. The number of hydrogen-bond donors (Lipinski definition) is 1. The number of nitriles is 1. The van der Waals surface area contributed by atoms with Gasteiger partial charge in [-0.2, -0.15) is 5.26 Å². The van der Waals surface area contributed by atoms with E-state index in [9.17, 15) is 9.59 Å². The first kappa shape index (κ1) is 17.1. The van der Waals surface area contributed by atoms with Crippen LogP contribution in [0.3, 0.4) is 0 Å². The maximum Gasteiger partial charge on any atom is 0.238 e. The maximum absolute atomic E-state index is 12.8. The normalized spacial score (nSPS) is 18.7. The summed E-state index contributed by atoms with van der Waals surface area (Å²) < 4.78 is 0. The lowest BCUT2D eigenvalue weighted by Crippen LogP contribution is -2.47. The highest BCUT2D eigenvalue weighted by atomic mass is 16.2. The van der Waals surface area contributed by atoms with Crippen molar-refractivity contribution < 1.29 is 9.59 Å². The van der Waals surface area contributed by atoms with E-state index in [2.05, 4.69) is 16.4 Å². The van der Waals surface area contributed by atoms with E-state index in [1.54, 1.807) is 24.3 Å². The number of hydrogen-bond acceptors (Lipinski definition) is 5. The highest BCUT2D eigenvalue weighted by Gasteiger charge is 2.36. The molecular formula is C21H18N4O2. The quantitative estimate of drug-likeness (QED) is 0.914. The van der Waals surface area contributed by atoms with E-state index >= 15 is 0 Å². The smallest absolute Gasteiger partial charge is 0.238 e. The number of fused-ring (bicyclic) bond motifs is 2. The second-order valence-corrected chi connectivity index (χ2v) is 6.76. The topological polar surface area (TPSA) is 85.6 Å². The number of piperidine rings is 1. The summed E-state index contributed by atoms with van der Waals surface area (Å²) in [4.78, 5) is 31.8. The number of carbonyl (C=O) groups is 2. The molecule has 0 aromatic heterocycles.